The molecule has 5 nitrogen and oxygen atoms in total. The zero-order chi connectivity index (χ0) is 20.4. The number of hydrogen-bond donors (Lipinski definition) is 1. The van der Waals surface area contributed by atoms with Gasteiger partial charge >= 0.3 is 0 Å². The normalized spacial score (nSPS) is 10.4. The summed E-state index contributed by atoms with van der Waals surface area (Å²) in [5.74, 6) is 5.92. The Morgan fingerprint density at radius 1 is 1.07 bits per heavy atom. The predicted octanol–water partition coefficient (Wildman–Crippen LogP) is 4.93. The number of nitrogens with one attached hydrogen (secondary N) is 1. The van der Waals surface area contributed by atoms with Gasteiger partial charge in [-0.05, 0) is 36.4 Å². The molecule has 0 radical (unpaired) electrons. The molecule has 0 unspecified atom stereocenters. The monoisotopic (exact) mass is 420 g/mol. The fourth-order valence-electron chi connectivity index (χ4n) is 2.85. The van der Waals surface area contributed by atoms with Crippen molar-refractivity contribution in [2.45, 2.75) is 0 Å². The molecule has 0 fully saturated rings. The number of anilines is 1. The lowest BCUT2D eigenvalue weighted by Crippen LogP contribution is -2.12. The van der Waals surface area contributed by atoms with Gasteiger partial charge in [-0.15, -0.1) is 0 Å². The Labute approximate surface area is 177 Å². The van der Waals surface area contributed by atoms with Gasteiger partial charge in [0.15, 0.2) is 0 Å². The van der Waals surface area contributed by atoms with Crippen LogP contribution in [-0.4, -0.2) is 20.7 Å². The lowest BCUT2D eigenvalue weighted by molar-refractivity contribution is 0.102. The van der Waals surface area contributed by atoms with E-state index in [1.54, 1.807) is 47.5 Å². The Balaban J connectivity index is 1.58. The smallest absolute Gasteiger partial charge is 0.257 e. The van der Waals surface area contributed by atoms with Crippen molar-refractivity contribution in [3.05, 3.63) is 87.8 Å². The van der Waals surface area contributed by atoms with Gasteiger partial charge in [-0.1, -0.05) is 41.1 Å². The molecule has 1 amide bonds. The molecule has 7 heteroatoms. The minimum atomic E-state index is -0.318. The van der Waals surface area contributed by atoms with Gasteiger partial charge in [0.1, 0.15) is 0 Å². The van der Waals surface area contributed by atoms with Crippen LogP contribution in [0, 0.1) is 11.8 Å². The molecule has 0 spiro atoms. The summed E-state index contributed by atoms with van der Waals surface area (Å²) in [6.07, 6.45) is 5.24. The van der Waals surface area contributed by atoms with E-state index in [0.29, 0.717) is 21.3 Å². The summed E-state index contributed by atoms with van der Waals surface area (Å²) >= 11 is 12.0. The number of carbonyl (C=O) groups excluding carboxylic acids is 1. The fraction of sp³-hybridized carbons (Fsp3) is 0.0455. The number of aromatic nitrogens is 3. The Morgan fingerprint density at radius 2 is 1.93 bits per heavy atom. The van der Waals surface area contributed by atoms with Crippen LogP contribution >= 0.6 is 23.2 Å². The Morgan fingerprint density at radius 3 is 2.76 bits per heavy atom. The van der Waals surface area contributed by atoms with E-state index in [4.69, 9.17) is 23.2 Å². The second-order valence-corrected chi connectivity index (χ2v) is 7.14. The van der Waals surface area contributed by atoms with E-state index in [-0.39, 0.29) is 5.91 Å². The average molecular weight is 421 g/mol. The number of halogens is 2. The number of hydrogen-bond acceptors (Lipinski definition) is 3. The van der Waals surface area contributed by atoms with Gasteiger partial charge in [0.05, 0.1) is 34.1 Å². The molecule has 2 heterocycles. The van der Waals surface area contributed by atoms with Crippen molar-refractivity contribution >= 4 is 45.7 Å². The molecule has 0 atom stereocenters. The summed E-state index contributed by atoms with van der Waals surface area (Å²) in [6.45, 7) is 0. The molecular formula is C22H14Cl2N4O. The van der Waals surface area contributed by atoms with Crippen LogP contribution in [0.4, 0.5) is 5.69 Å². The number of nitrogens with zero attached hydrogens (tertiary/aromatic N) is 3. The molecule has 0 aliphatic carbocycles. The van der Waals surface area contributed by atoms with Crippen molar-refractivity contribution in [2.24, 2.45) is 7.05 Å². The van der Waals surface area contributed by atoms with Crippen molar-refractivity contribution in [3.63, 3.8) is 0 Å². The van der Waals surface area contributed by atoms with Crippen molar-refractivity contribution in [2.75, 3.05) is 5.32 Å². The number of benzene rings is 2. The molecule has 142 valence electrons. The van der Waals surface area contributed by atoms with Gasteiger partial charge in [0, 0.05) is 34.9 Å². The first-order chi connectivity index (χ1) is 14.0. The molecule has 2 aromatic carbocycles. The highest BCUT2D eigenvalue weighted by Gasteiger charge is 2.11. The number of carbonyl (C=O) groups is 1. The molecule has 4 rings (SSSR count). The highest BCUT2D eigenvalue weighted by molar-refractivity contribution is 6.37. The largest absolute Gasteiger partial charge is 0.322 e. The standard InChI is InChI=1S/C22H14Cl2N4O/c1-28-21-13-25-11-15(19(21)12-26-28)6-5-14-3-2-4-17(9-14)27-22(29)18-8-7-16(23)10-20(18)24/h2-4,7-13H,1H3,(H,27,29). The van der Waals surface area contributed by atoms with E-state index < -0.39 is 0 Å². The number of aryl methyl sites for hydroxylation is 1. The Hall–Kier alpha value is -3.33. The molecule has 0 aliphatic heterocycles. The van der Waals surface area contributed by atoms with Crippen LogP contribution in [0.3, 0.4) is 0 Å². The van der Waals surface area contributed by atoms with Crippen LogP contribution in [0.2, 0.25) is 10.0 Å². The van der Waals surface area contributed by atoms with Gasteiger partial charge in [0.2, 0.25) is 0 Å². The summed E-state index contributed by atoms with van der Waals surface area (Å²) in [4.78, 5) is 16.7. The lowest BCUT2D eigenvalue weighted by Gasteiger charge is -2.07. The highest BCUT2D eigenvalue weighted by atomic mass is 35.5. The quantitative estimate of drug-likeness (QED) is 0.467. The second-order valence-electron chi connectivity index (χ2n) is 6.30. The van der Waals surface area contributed by atoms with Gasteiger partial charge < -0.3 is 5.32 Å². The number of rotatable bonds is 2. The van der Waals surface area contributed by atoms with Crippen LogP contribution in [0.15, 0.2) is 61.1 Å². The van der Waals surface area contributed by atoms with Gasteiger partial charge in [-0.2, -0.15) is 5.10 Å². The van der Waals surface area contributed by atoms with E-state index in [2.05, 4.69) is 27.2 Å². The van der Waals surface area contributed by atoms with Gasteiger partial charge in [-0.3, -0.25) is 14.5 Å². The molecule has 1 N–H and O–H groups in total. The molecule has 0 aliphatic rings. The highest BCUT2D eigenvalue weighted by Crippen LogP contribution is 2.22. The molecular weight excluding hydrogens is 407 g/mol. The average Bonchev–Trinajstić information content (AvgIpc) is 3.08. The van der Waals surface area contributed by atoms with Crippen molar-refractivity contribution in [3.8, 4) is 11.8 Å². The first-order valence-electron chi connectivity index (χ1n) is 8.65. The Bertz CT molecular complexity index is 1300. The third-order valence-electron chi connectivity index (χ3n) is 4.31. The number of fused-ring (bicyclic) bond motifs is 1. The minimum absolute atomic E-state index is 0.294. The van der Waals surface area contributed by atoms with Crippen LogP contribution in [0.25, 0.3) is 10.9 Å². The summed E-state index contributed by atoms with van der Waals surface area (Å²) in [7, 11) is 1.86. The maximum atomic E-state index is 12.5. The molecule has 29 heavy (non-hydrogen) atoms. The summed E-state index contributed by atoms with van der Waals surface area (Å²) in [5.41, 5.74) is 3.42. The SMILES string of the molecule is Cn1ncc2c(C#Cc3cccc(NC(=O)c4ccc(Cl)cc4Cl)c3)cncc21. The van der Waals surface area contributed by atoms with Crippen LogP contribution in [-0.2, 0) is 7.05 Å². The van der Waals surface area contributed by atoms with E-state index in [0.717, 1.165) is 22.0 Å². The second kappa shape index (κ2) is 7.96. The van der Waals surface area contributed by atoms with E-state index >= 15 is 0 Å². The summed E-state index contributed by atoms with van der Waals surface area (Å²) < 4.78 is 1.76. The van der Waals surface area contributed by atoms with Gasteiger partial charge in [0.25, 0.3) is 5.91 Å². The third kappa shape index (κ3) is 4.09. The number of pyridine rings is 1. The maximum Gasteiger partial charge on any atom is 0.257 e. The van der Waals surface area contributed by atoms with Crippen LogP contribution in [0.5, 0.6) is 0 Å². The zero-order valence-electron chi connectivity index (χ0n) is 15.3. The zero-order valence-corrected chi connectivity index (χ0v) is 16.8. The Kier molecular flexibility index (Phi) is 5.22. The molecule has 0 bridgehead atoms. The third-order valence-corrected chi connectivity index (χ3v) is 4.86. The van der Waals surface area contributed by atoms with Crippen molar-refractivity contribution < 1.29 is 4.79 Å². The van der Waals surface area contributed by atoms with E-state index in [1.165, 1.54) is 6.07 Å². The maximum absolute atomic E-state index is 12.5. The van der Waals surface area contributed by atoms with E-state index in [1.807, 2.05) is 19.2 Å². The van der Waals surface area contributed by atoms with Crippen molar-refractivity contribution in [1.82, 2.24) is 14.8 Å². The molecule has 0 saturated carbocycles. The molecule has 4 aromatic rings. The van der Waals surface area contributed by atoms with Crippen molar-refractivity contribution in [1.29, 1.82) is 0 Å². The van der Waals surface area contributed by atoms with Crippen LogP contribution < -0.4 is 5.32 Å². The topological polar surface area (TPSA) is 59.8 Å². The van der Waals surface area contributed by atoms with E-state index in [9.17, 15) is 4.79 Å². The van der Waals surface area contributed by atoms with Gasteiger partial charge in [-0.25, -0.2) is 0 Å². The molecule has 2 aromatic heterocycles. The summed E-state index contributed by atoms with van der Waals surface area (Å²) in [5, 5.41) is 8.78. The molecule has 0 saturated heterocycles. The first kappa shape index (κ1) is 19.0. The minimum Gasteiger partial charge on any atom is -0.322 e. The number of amides is 1. The predicted molar refractivity (Wildman–Crippen MR) is 115 cm³/mol. The lowest BCUT2D eigenvalue weighted by atomic mass is 10.1. The first-order valence-corrected chi connectivity index (χ1v) is 9.41. The summed E-state index contributed by atoms with van der Waals surface area (Å²) in [6, 6.07) is 12.0. The fourth-order valence-corrected chi connectivity index (χ4v) is 3.34. The van der Waals surface area contributed by atoms with Crippen LogP contribution in [0.1, 0.15) is 21.5 Å².